The standard InChI is InChI=1S/C19H16ClF3N2O3/c1-28-14-4-2-3-13(9-14)25-10-11(7-17(25)26)18(27)24-16-8-12(19(21,22)23)5-6-15(16)20/h2-6,8-9,11H,7,10H2,1H3,(H,24,27)/t11-/m1/s1. The van der Waals surface area contributed by atoms with Crippen molar-refractivity contribution < 1.29 is 27.5 Å². The lowest BCUT2D eigenvalue weighted by Crippen LogP contribution is -2.28. The van der Waals surface area contributed by atoms with Crippen LogP contribution in [0.2, 0.25) is 5.02 Å². The van der Waals surface area contributed by atoms with Crippen molar-refractivity contribution in [3.8, 4) is 5.75 Å². The summed E-state index contributed by atoms with van der Waals surface area (Å²) in [5, 5.41) is 2.39. The Hall–Kier alpha value is -2.74. The van der Waals surface area contributed by atoms with Crippen LogP contribution < -0.4 is 15.0 Å². The summed E-state index contributed by atoms with van der Waals surface area (Å²) in [6.45, 7) is 0.106. The molecule has 2 aromatic carbocycles. The minimum absolute atomic E-state index is 0.0182. The molecule has 0 aliphatic carbocycles. The SMILES string of the molecule is COc1cccc(N2C[C@H](C(=O)Nc3cc(C(F)(F)F)ccc3Cl)CC2=O)c1. The molecule has 5 nitrogen and oxygen atoms in total. The van der Waals surface area contributed by atoms with E-state index in [1.54, 1.807) is 24.3 Å². The highest BCUT2D eigenvalue weighted by molar-refractivity contribution is 6.33. The largest absolute Gasteiger partial charge is 0.497 e. The van der Waals surface area contributed by atoms with Crippen molar-refractivity contribution in [3.63, 3.8) is 0 Å². The van der Waals surface area contributed by atoms with E-state index in [0.29, 0.717) is 11.4 Å². The first-order valence-corrected chi connectivity index (χ1v) is 8.69. The number of carbonyl (C=O) groups is 2. The summed E-state index contributed by atoms with van der Waals surface area (Å²) in [6.07, 6.45) is -4.61. The van der Waals surface area contributed by atoms with Crippen LogP contribution in [0.4, 0.5) is 24.5 Å². The number of hydrogen-bond donors (Lipinski definition) is 1. The van der Waals surface area contributed by atoms with Gasteiger partial charge in [0.2, 0.25) is 11.8 Å². The van der Waals surface area contributed by atoms with E-state index < -0.39 is 23.6 Å². The lowest BCUT2D eigenvalue weighted by Gasteiger charge is -2.18. The first-order chi connectivity index (χ1) is 13.2. The quantitative estimate of drug-likeness (QED) is 0.811. The molecule has 1 aliphatic heterocycles. The van der Waals surface area contributed by atoms with Gasteiger partial charge in [0, 0.05) is 24.7 Å². The second-order valence-electron chi connectivity index (χ2n) is 6.29. The highest BCUT2D eigenvalue weighted by atomic mass is 35.5. The molecule has 0 bridgehead atoms. The molecular formula is C19H16ClF3N2O3. The highest BCUT2D eigenvalue weighted by Crippen LogP contribution is 2.34. The van der Waals surface area contributed by atoms with Crippen LogP contribution in [0.15, 0.2) is 42.5 Å². The molecule has 0 saturated carbocycles. The number of alkyl halides is 3. The van der Waals surface area contributed by atoms with Crippen LogP contribution >= 0.6 is 11.6 Å². The van der Waals surface area contributed by atoms with Crippen molar-refractivity contribution in [2.75, 3.05) is 23.9 Å². The number of ether oxygens (including phenoxy) is 1. The Kier molecular flexibility index (Phi) is 5.51. The second-order valence-corrected chi connectivity index (χ2v) is 6.70. The van der Waals surface area contributed by atoms with E-state index in [0.717, 1.165) is 18.2 Å². The number of amides is 2. The first-order valence-electron chi connectivity index (χ1n) is 8.31. The zero-order valence-corrected chi connectivity index (χ0v) is 15.5. The van der Waals surface area contributed by atoms with Gasteiger partial charge in [0.1, 0.15) is 5.75 Å². The fourth-order valence-electron chi connectivity index (χ4n) is 2.94. The van der Waals surface area contributed by atoms with Crippen molar-refractivity contribution in [2.45, 2.75) is 12.6 Å². The van der Waals surface area contributed by atoms with Gasteiger partial charge in [0.25, 0.3) is 0 Å². The van der Waals surface area contributed by atoms with E-state index in [4.69, 9.17) is 16.3 Å². The topological polar surface area (TPSA) is 58.6 Å². The Morgan fingerprint density at radius 2 is 2.00 bits per heavy atom. The summed E-state index contributed by atoms with van der Waals surface area (Å²) in [5.41, 5.74) is -0.488. The Labute approximate surface area is 164 Å². The maximum absolute atomic E-state index is 12.9. The molecule has 0 aromatic heterocycles. The Balaban J connectivity index is 1.75. The van der Waals surface area contributed by atoms with E-state index >= 15 is 0 Å². The number of hydrogen-bond acceptors (Lipinski definition) is 3. The predicted molar refractivity (Wildman–Crippen MR) is 98.5 cm³/mol. The molecule has 0 spiro atoms. The van der Waals surface area contributed by atoms with E-state index in [1.807, 2.05) is 0 Å². The monoisotopic (exact) mass is 412 g/mol. The van der Waals surface area contributed by atoms with Crippen molar-refractivity contribution in [1.29, 1.82) is 0 Å². The van der Waals surface area contributed by atoms with Gasteiger partial charge in [-0.15, -0.1) is 0 Å². The van der Waals surface area contributed by atoms with Gasteiger partial charge in [-0.05, 0) is 30.3 Å². The fourth-order valence-corrected chi connectivity index (χ4v) is 3.11. The minimum Gasteiger partial charge on any atom is -0.497 e. The molecule has 28 heavy (non-hydrogen) atoms. The van der Waals surface area contributed by atoms with Crippen LogP contribution in [0.5, 0.6) is 5.75 Å². The van der Waals surface area contributed by atoms with Gasteiger partial charge in [-0.25, -0.2) is 0 Å². The molecule has 1 fully saturated rings. The fraction of sp³-hybridized carbons (Fsp3) is 0.263. The number of benzene rings is 2. The third kappa shape index (κ3) is 4.22. The molecule has 2 aromatic rings. The second kappa shape index (κ2) is 7.71. The summed E-state index contributed by atoms with van der Waals surface area (Å²) in [6, 6.07) is 9.51. The Morgan fingerprint density at radius 1 is 1.25 bits per heavy atom. The molecule has 1 aliphatic rings. The highest BCUT2D eigenvalue weighted by Gasteiger charge is 2.36. The minimum atomic E-state index is -4.56. The van der Waals surface area contributed by atoms with E-state index in [2.05, 4.69) is 5.32 Å². The zero-order chi connectivity index (χ0) is 20.5. The lowest BCUT2D eigenvalue weighted by molar-refractivity contribution is -0.137. The lowest BCUT2D eigenvalue weighted by atomic mass is 10.1. The number of halogens is 4. The summed E-state index contributed by atoms with van der Waals surface area (Å²) < 4.78 is 43.7. The molecule has 9 heteroatoms. The van der Waals surface area contributed by atoms with Crippen LogP contribution in [0, 0.1) is 5.92 Å². The predicted octanol–water partition coefficient (Wildman–Crippen LogP) is 4.36. The van der Waals surface area contributed by atoms with Gasteiger partial charge < -0.3 is 15.0 Å². The van der Waals surface area contributed by atoms with Gasteiger partial charge >= 0.3 is 6.18 Å². The molecule has 0 unspecified atom stereocenters. The maximum atomic E-state index is 12.9. The Bertz CT molecular complexity index is 918. The summed E-state index contributed by atoms with van der Waals surface area (Å²) in [4.78, 5) is 26.3. The first kappa shape index (κ1) is 20.0. The van der Waals surface area contributed by atoms with Gasteiger partial charge in [-0.2, -0.15) is 13.2 Å². The summed E-state index contributed by atoms with van der Waals surface area (Å²) in [5.74, 6) is -0.984. The third-order valence-corrected chi connectivity index (χ3v) is 4.74. The van der Waals surface area contributed by atoms with E-state index in [9.17, 15) is 22.8 Å². The van der Waals surface area contributed by atoms with Crippen LogP contribution in [-0.4, -0.2) is 25.5 Å². The zero-order valence-electron chi connectivity index (χ0n) is 14.7. The molecular weight excluding hydrogens is 397 g/mol. The number of nitrogens with zero attached hydrogens (tertiary/aromatic N) is 1. The van der Waals surface area contributed by atoms with Crippen LogP contribution in [0.1, 0.15) is 12.0 Å². The normalized spacial score (nSPS) is 17.0. The van der Waals surface area contributed by atoms with Crippen molar-refractivity contribution in [3.05, 3.63) is 53.1 Å². The molecule has 1 saturated heterocycles. The van der Waals surface area contributed by atoms with Gasteiger partial charge in [-0.1, -0.05) is 17.7 Å². The molecule has 2 amide bonds. The van der Waals surface area contributed by atoms with Gasteiger partial charge in [0.05, 0.1) is 29.3 Å². The third-order valence-electron chi connectivity index (χ3n) is 4.41. The molecule has 148 valence electrons. The summed E-state index contributed by atoms with van der Waals surface area (Å²) in [7, 11) is 1.50. The average molecular weight is 413 g/mol. The molecule has 1 heterocycles. The molecule has 1 atom stereocenters. The Morgan fingerprint density at radius 3 is 2.68 bits per heavy atom. The number of rotatable bonds is 4. The number of methoxy groups -OCH3 is 1. The van der Waals surface area contributed by atoms with Crippen molar-refractivity contribution in [2.24, 2.45) is 5.92 Å². The number of anilines is 2. The number of nitrogens with one attached hydrogen (secondary N) is 1. The average Bonchev–Trinajstić information content (AvgIpc) is 3.04. The van der Waals surface area contributed by atoms with E-state index in [-0.39, 0.29) is 29.6 Å². The van der Waals surface area contributed by atoms with Gasteiger partial charge in [0.15, 0.2) is 0 Å². The van der Waals surface area contributed by atoms with E-state index in [1.165, 1.54) is 12.0 Å². The van der Waals surface area contributed by atoms with Crippen molar-refractivity contribution in [1.82, 2.24) is 0 Å². The molecule has 0 radical (unpaired) electrons. The van der Waals surface area contributed by atoms with Crippen LogP contribution in [0.3, 0.4) is 0 Å². The number of carbonyl (C=O) groups excluding carboxylic acids is 2. The summed E-state index contributed by atoms with van der Waals surface area (Å²) >= 11 is 5.91. The molecule has 1 N–H and O–H groups in total. The smallest absolute Gasteiger partial charge is 0.416 e. The van der Waals surface area contributed by atoms with Crippen LogP contribution in [-0.2, 0) is 15.8 Å². The van der Waals surface area contributed by atoms with Gasteiger partial charge in [-0.3, -0.25) is 9.59 Å². The maximum Gasteiger partial charge on any atom is 0.416 e. The molecule has 3 rings (SSSR count). The van der Waals surface area contributed by atoms with Crippen LogP contribution in [0.25, 0.3) is 0 Å². The van der Waals surface area contributed by atoms with Crippen molar-refractivity contribution >= 4 is 34.8 Å².